The Bertz CT molecular complexity index is 500. The Kier molecular flexibility index (Phi) is 3.36. The van der Waals surface area contributed by atoms with E-state index in [1.165, 1.54) is 6.42 Å². The van der Waals surface area contributed by atoms with Crippen LogP contribution in [0.5, 0.6) is 0 Å². The van der Waals surface area contributed by atoms with E-state index >= 15 is 0 Å². The van der Waals surface area contributed by atoms with Crippen molar-refractivity contribution < 1.29 is 18.9 Å². The van der Waals surface area contributed by atoms with Crippen LogP contribution in [0.15, 0.2) is 0 Å². The van der Waals surface area contributed by atoms with Gasteiger partial charge in [0.15, 0.2) is 18.4 Å². The molecule has 0 aromatic heterocycles. The molecule has 122 valence electrons. The summed E-state index contributed by atoms with van der Waals surface area (Å²) in [6.45, 7) is 6.89. The van der Waals surface area contributed by atoms with Crippen LogP contribution in [-0.4, -0.2) is 30.6 Å². The fraction of sp³-hybridized carbons (Fsp3) is 0.889. The van der Waals surface area contributed by atoms with Gasteiger partial charge in [-0.05, 0) is 38.0 Å². The Labute approximate surface area is 132 Å². The summed E-state index contributed by atoms with van der Waals surface area (Å²) in [5.41, 5.74) is -0.292. The van der Waals surface area contributed by atoms with Crippen molar-refractivity contribution in [3.63, 3.8) is 0 Å². The van der Waals surface area contributed by atoms with E-state index in [2.05, 4.69) is 26.7 Å². The quantitative estimate of drug-likeness (QED) is 0.735. The molecule has 4 heteroatoms. The summed E-state index contributed by atoms with van der Waals surface area (Å²) in [5.74, 6) is 3.89. The van der Waals surface area contributed by atoms with Crippen LogP contribution in [0.3, 0.4) is 0 Å². The lowest BCUT2D eigenvalue weighted by Crippen LogP contribution is -2.66. The van der Waals surface area contributed by atoms with Crippen LogP contribution in [0.25, 0.3) is 0 Å². The molecule has 4 nitrogen and oxygen atoms in total. The van der Waals surface area contributed by atoms with Crippen LogP contribution in [0, 0.1) is 36.0 Å². The van der Waals surface area contributed by atoms with Gasteiger partial charge in [0.1, 0.15) is 12.2 Å². The molecular formula is C18H26O4. The minimum Gasteiger partial charge on any atom is -0.340 e. The highest BCUT2D eigenvalue weighted by molar-refractivity contribution is 5.12. The second kappa shape index (κ2) is 4.95. The third-order valence-electron chi connectivity index (χ3n) is 6.46. The van der Waals surface area contributed by atoms with E-state index in [9.17, 15) is 0 Å². The number of hydrogen-bond acceptors (Lipinski definition) is 4. The third kappa shape index (κ3) is 1.86. The van der Waals surface area contributed by atoms with E-state index in [0.717, 1.165) is 19.3 Å². The van der Waals surface area contributed by atoms with Gasteiger partial charge in [-0.1, -0.05) is 19.8 Å². The van der Waals surface area contributed by atoms with E-state index < -0.39 is 5.79 Å². The fourth-order valence-electron chi connectivity index (χ4n) is 5.46. The molecule has 0 N–H and O–H groups in total. The molecule has 4 fully saturated rings. The summed E-state index contributed by atoms with van der Waals surface area (Å²) < 4.78 is 24.8. The van der Waals surface area contributed by atoms with Crippen molar-refractivity contribution in [2.45, 2.75) is 70.4 Å². The van der Waals surface area contributed by atoms with Crippen LogP contribution in [0.1, 0.15) is 46.5 Å². The molecule has 0 unspecified atom stereocenters. The maximum Gasteiger partial charge on any atom is 0.193 e. The maximum absolute atomic E-state index is 6.59. The monoisotopic (exact) mass is 306 g/mol. The van der Waals surface area contributed by atoms with Crippen molar-refractivity contribution in [2.24, 2.45) is 23.7 Å². The number of ether oxygens (including phenoxy) is 4. The van der Waals surface area contributed by atoms with Gasteiger partial charge >= 0.3 is 0 Å². The zero-order valence-electron chi connectivity index (χ0n) is 13.7. The first-order valence-corrected chi connectivity index (χ1v) is 8.59. The van der Waals surface area contributed by atoms with Crippen molar-refractivity contribution in [1.29, 1.82) is 0 Å². The zero-order valence-corrected chi connectivity index (χ0v) is 13.7. The molecule has 1 saturated carbocycles. The Morgan fingerprint density at radius 1 is 1.23 bits per heavy atom. The Hall–Kier alpha value is -0.600. The predicted octanol–water partition coefficient (Wildman–Crippen LogP) is 2.91. The molecule has 3 saturated heterocycles. The molecule has 0 aromatic rings. The largest absolute Gasteiger partial charge is 0.340 e. The van der Waals surface area contributed by atoms with E-state index in [4.69, 9.17) is 25.4 Å². The molecule has 3 heterocycles. The molecule has 1 aliphatic carbocycles. The summed E-state index contributed by atoms with van der Waals surface area (Å²) in [4.78, 5) is 0. The van der Waals surface area contributed by atoms with Crippen molar-refractivity contribution in [3.8, 4) is 12.3 Å². The smallest absolute Gasteiger partial charge is 0.193 e. The second-order valence-electron chi connectivity index (χ2n) is 7.72. The standard InChI is InChI=1S/C18H26O4/c1-5-10-19-15-12(3)14-7-6-11(2)13-8-9-17(4)21-16(20-15)18(13,14)22-17/h1,11-16H,6-10H2,2-4H3/t11-,12-,13+,14+,15-,16-,17-,18-/m1/s1. The van der Waals surface area contributed by atoms with Crippen molar-refractivity contribution in [1.82, 2.24) is 0 Å². The molecule has 4 aliphatic rings. The van der Waals surface area contributed by atoms with Crippen LogP contribution >= 0.6 is 0 Å². The molecule has 2 bridgehead atoms. The van der Waals surface area contributed by atoms with Crippen LogP contribution in [0.2, 0.25) is 0 Å². The molecule has 0 aromatic carbocycles. The van der Waals surface area contributed by atoms with Gasteiger partial charge in [0.25, 0.3) is 0 Å². The number of terminal acetylenes is 1. The van der Waals surface area contributed by atoms with Gasteiger partial charge in [0.2, 0.25) is 0 Å². The van der Waals surface area contributed by atoms with Gasteiger partial charge in [0.05, 0.1) is 0 Å². The summed E-state index contributed by atoms with van der Waals surface area (Å²) in [5, 5.41) is 0. The molecular weight excluding hydrogens is 280 g/mol. The minimum absolute atomic E-state index is 0.267. The second-order valence-corrected chi connectivity index (χ2v) is 7.72. The van der Waals surface area contributed by atoms with Crippen molar-refractivity contribution >= 4 is 0 Å². The Morgan fingerprint density at radius 2 is 2.05 bits per heavy atom. The summed E-state index contributed by atoms with van der Waals surface area (Å²) in [7, 11) is 0. The Morgan fingerprint density at radius 3 is 2.82 bits per heavy atom. The maximum atomic E-state index is 6.59. The Balaban J connectivity index is 1.70. The average molecular weight is 306 g/mol. The molecule has 4 rings (SSSR count). The van der Waals surface area contributed by atoms with Gasteiger partial charge in [-0.25, -0.2) is 0 Å². The lowest BCUT2D eigenvalue weighted by molar-refractivity contribution is -0.334. The van der Waals surface area contributed by atoms with Crippen molar-refractivity contribution in [3.05, 3.63) is 0 Å². The van der Waals surface area contributed by atoms with Gasteiger partial charge in [-0.15, -0.1) is 6.42 Å². The molecule has 8 atom stereocenters. The van der Waals surface area contributed by atoms with Gasteiger partial charge in [0, 0.05) is 18.3 Å². The predicted molar refractivity (Wildman–Crippen MR) is 80.5 cm³/mol. The highest BCUT2D eigenvalue weighted by atomic mass is 16.9. The third-order valence-corrected chi connectivity index (χ3v) is 6.46. The average Bonchev–Trinajstić information content (AvgIpc) is 2.70. The van der Waals surface area contributed by atoms with Crippen LogP contribution in [-0.2, 0) is 18.9 Å². The van der Waals surface area contributed by atoms with Gasteiger partial charge in [-0.3, -0.25) is 0 Å². The van der Waals surface area contributed by atoms with Crippen LogP contribution < -0.4 is 0 Å². The summed E-state index contributed by atoms with van der Waals surface area (Å²) in [6, 6.07) is 0. The van der Waals surface area contributed by atoms with E-state index in [1.807, 2.05) is 0 Å². The van der Waals surface area contributed by atoms with Crippen LogP contribution in [0.4, 0.5) is 0 Å². The lowest BCUT2D eigenvalue weighted by atomic mass is 9.57. The first-order chi connectivity index (χ1) is 10.5. The topological polar surface area (TPSA) is 36.9 Å². The first kappa shape index (κ1) is 15.0. The lowest BCUT2D eigenvalue weighted by Gasteiger charge is -2.58. The summed E-state index contributed by atoms with van der Waals surface area (Å²) >= 11 is 0. The number of hydrogen-bond donors (Lipinski definition) is 0. The molecule has 0 radical (unpaired) electrons. The SMILES string of the molecule is C#CCO[C@@H]1O[C@@H]2O[C@@]3(C)CC[C@H]4[C@H](C)CC[C@@H]([C@H]1C)[C@@]24O3. The van der Waals surface area contributed by atoms with Crippen molar-refractivity contribution in [2.75, 3.05) is 6.61 Å². The normalized spacial score (nSPS) is 56.3. The zero-order chi connectivity index (χ0) is 15.5. The van der Waals surface area contributed by atoms with Gasteiger partial charge < -0.3 is 18.9 Å². The summed E-state index contributed by atoms with van der Waals surface area (Å²) in [6.07, 6.45) is 9.22. The van der Waals surface area contributed by atoms with E-state index in [1.54, 1.807) is 0 Å². The highest BCUT2D eigenvalue weighted by Crippen LogP contribution is 2.63. The first-order valence-electron chi connectivity index (χ1n) is 8.59. The van der Waals surface area contributed by atoms with Gasteiger partial charge in [-0.2, -0.15) is 0 Å². The molecule has 1 spiro atoms. The highest BCUT2D eigenvalue weighted by Gasteiger charge is 2.71. The fourth-order valence-corrected chi connectivity index (χ4v) is 5.46. The minimum atomic E-state index is -0.503. The van der Waals surface area contributed by atoms with E-state index in [-0.39, 0.29) is 30.7 Å². The number of fused-ring (bicyclic) bond motifs is 1. The number of rotatable bonds is 2. The van der Waals surface area contributed by atoms with E-state index in [0.29, 0.717) is 17.8 Å². The molecule has 22 heavy (non-hydrogen) atoms. The molecule has 0 amide bonds. The molecule has 3 aliphatic heterocycles.